The zero-order valence-electron chi connectivity index (χ0n) is 16.2. The summed E-state index contributed by atoms with van der Waals surface area (Å²) < 4.78 is 24.2. The normalized spacial score (nSPS) is 16.0. The van der Waals surface area contributed by atoms with Gasteiger partial charge < -0.3 is 9.15 Å². The van der Waals surface area contributed by atoms with Gasteiger partial charge in [-0.3, -0.25) is 0 Å². The van der Waals surface area contributed by atoms with Crippen LogP contribution in [0, 0.1) is 5.82 Å². The number of hydrogen-bond acceptors (Lipinski definition) is 6. The van der Waals surface area contributed by atoms with Gasteiger partial charge in [-0.25, -0.2) is 14.4 Å². The van der Waals surface area contributed by atoms with Gasteiger partial charge in [0.15, 0.2) is 0 Å². The number of aromatic nitrogens is 1. The summed E-state index contributed by atoms with van der Waals surface area (Å²) >= 11 is 1.50. The van der Waals surface area contributed by atoms with Gasteiger partial charge in [0.25, 0.3) is 0 Å². The molecule has 4 aromatic rings. The molecule has 0 aliphatic carbocycles. The number of anilines is 1. The molecule has 0 amide bonds. The fourth-order valence-corrected chi connectivity index (χ4v) is 4.30. The van der Waals surface area contributed by atoms with Crippen LogP contribution in [0.3, 0.4) is 0 Å². The fourth-order valence-electron chi connectivity index (χ4n) is 3.47. The van der Waals surface area contributed by atoms with Crippen molar-refractivity contribution in [3.63, 3.8) is 0 Å². The van der Waals surface area contributed by atoms with Crippen LogP contribution in [0.1, 0.15) is 23.8 Å². The summed E-state index contributed by atoms with van der Waals surface area (Å²) in [6.07, 6.45) is 2.37. The van der Waals surface area contributed by atoms with Gasteiger partial charge in [-0.05, 0) is 66.2 Å². The molecule has 5 rings (SSSR count). The first-order chi connectivity index (χ1) is 14.7. The van der Waals surface area contributed by atoms with Gasteiger partial charge >= 0.3 is 0 Å². The summed E-state index contributed by atoms with van der Waals surface area (Å²) in [5, 5.41) is 9.52. The lowest BCUT2D eigenvalue weighted by atomic mass is 10.0. The molecule has 3 heterocycles. The molecule has 1 aliphatic heterocycles. The van der Waals surface area contributed by atoms with Gasteiger partial charge in [-0.15, -0.1) is 11.3 Å². The zero-order valence-corrected chi connectivity index (χ0v) is 17.0. The minimum absolute atomic E-state index is 0.0793. The van der Waals surface area contributed by atoms with E-state index in [0.717, 1.165) is 39.2 Å². The molecule has 5 nitrogen and oxygen atoms in total. The second kappa shape index (κ2) is 7.76. The molecular formula is C23H18FN3O2S. The molecule has 30 heavy (non-hydrogen) atoms. The van der Waals surface area contributed by atoms with Crippen molar-refractivity contribution < 1.29 is 13.5 Å². The van der Waals surface area contributed by atoms with Crippen molar-refractivity contribution in [2.45, 2.75) is 12.5 Å². The smallest absolute Gasteiger partial charge is 0.207 e. The average molecular weight is 419 g/mol. The van der Waals surface area contributed by atoms with Crippen LogP contribution in [-0.2, 0) is 0 Å². The van der Waals surface area contributed by atoms with Crippen molar-refractivity contribution in [3.05, 3.63) is 89.4 Å². The van der Waals surface area contributed by atoms with Crippen molar-refractivity contribution in [1.29, 1.82) is 0 Å². The van der Waals surface area contributed by atoms with Crippen LogP contribution in [0.15, 0.2) is 81.8 Å². The second-order valence-electron chi connectivity index (χ2n) is 6.88. The first kappa shape index (κ1) is 18.6. The molecule has 0 N–H and O–H groups in total. The molecule has 2 aromatic carbocycles. The molecule has 7 heteroatoms. The van der Waals surface area contributed by atoms with Crippen LogP contribution in [0.2, 0.25) is 0 Å². The van der Waals surface area contributed by atoms with Gasteiger partial charge in [0, 0.05) is 17.4 Å². The van der Waals surface area contributed by atoms with Crippen molar-refractivity contribution in [2.75, 3.05) is 12.1 Å². The Labute approximate surface area is 177 Å². The van der Waals surface area contributed by atoms with E-state index in [9.17, 15) is 4.39 Å². The lowest BCUT2D eigenvalue weighted by Crippen LogP contribution is -2.17. The Balaban J connectivity index is 1.50. The quantitative estimate of drug-likeness (QED) is 0.404. The van der Waals surface area contributed by atoms with E-state index in [2.05, 4.69) is 0 Å². The molecule has 0 unspecified atom stereocenters. The maximum Gasteiger partial charge on any atom is 0.207 e. The summed E-state index contributed by atoms with van der Waals surface area (Å²) in [5.41, 5.74) is 3.65. The predicted molar refractivity (Wildman–Crippen MR) is 116 cm³/mol. The Morgan fingerprint density at radius 1 is 1.07 bits per heavy atom. The highest BCUT2D eigenvalue weighted by molar-refractivity contribution is 7.14. The van der Waals surface area contributed by atoms with E-state index < -0.39 is 0 Å². The van der Waals surface area contributed by atoms with Crippen LogP contribution < -0.4 is 9.75 Å². The van der Waals surface area contributed by atoms with Crippen LogP contribution in [-0.4, -0.2) is 17.8 Å². The number of hydrazone groups is 1. The lowest BCUT2D eigenvalue weighted by Gasteiger charge is -2.18. The number of halogens is 1. The molecule has 0 radical (unpaired) electrons. The summed E-state index contributed by atoms with van der Waals surface area (Å²) in [5.74, 6) is 1.38. The molecule has 0 saturated carbocycles. The molecule has 2 aromatic heterocycles. The van der Waals surface area contributed by atoms with Crippen LogP contribution >= 0.6 is 11.3 Å². The number of furan rings is 1. The summed E-state index contributed by atoms with van der Waals surface area (Å²) in [4.78, 5) is 4.76. The standard InChI is InChI=1S/C23H18FN3O2S/c1-28-18-10-6-15(7-11-18)19-13-21(22-3-2-12-29-22)27(26-19)23-25-20(14-30-23)16-4-8-17(24)9-5-16/h2-12,14,21H,13H2,1H3/t21-/m1/s1. The molecule has 1 aliphatic rings. The maximum absolute atomic E-state index is 13.3. The number of thiazole rings is 1. The van der Waals surface area contributed by atoms with E-state index in [1.165, 1.54) is 23.5 Å². The molecule has 0 fully saturated rings. The number of hydrogen-bond donors (Lipinski definition) is 0. The third-order valence-electron chi connectivity index (χ3n) is 5.03. The topological polar surface area (TPSA) is 50.9 Å². The highest BCUT2D eigenvalue weighted by atomic mass is 32.1. The second-order valence-corrected chi connectivity index (χ2v) is 7.71. The Morgan fingerprint density at radius 3 is 2.53 bits per heavy atom. The predicted octanol–water partition coefficient (Wildman–Crippen LogP) is 5.91. The third-order valence-corrected chi connectivity index (χ3v) is 5.86. The molecular weight excluding hydrogens is 401 g/mol. The number of benzene rings is 2. The number of rotatable bonds is 5. The van der Waals surface area contributed by atoms with Crippen LogP contribution in [0.5, 0.6) is 5.75 Å². The SMILES string of the molecule is COc1ccc(C2=NN(c3nc(-c4ccc(F)cc4)cs3)[C@@H](c3ccco3)C2)cc1. The molecule has 1 atom stereocenters. The van der Waals surface area contributed by atoms with Crippen LogP contribution in [0.4, 0.5) is 9.52 Å². The van der Waals surface area contributed by atoms with Gasteiger partial charge in [0.05, 0.1) is 24.8 Å². The first-order valence-corrected chi connectivity index (χ1v) is 10.4. The van der Waals surface area contributed by atoms with Crippen molar-refractivity contribution >= 4 is 22.2 Å². The van der Waals surface area contributed by atoms with E-state index in [1.807, 2.05) is 46.8 Å². The Morgan fingerprint density at radius 2 is 1.83 bits per heavy atom. The molecule has 0 spiro atoms. The third kappa shape index (κ3) is 3.48. The Kier molecular flexibility index (Phi) is 4.80. The molecule has 150 valence electrons. The van der Waals surface area contributed by atoms with E-state index >= 15 is 0 Å². The van der Waals surface area contributed by atoms with E-state index in [-0.39, 0.29) is 11.9 Å². The van der Waals surface area contributed by atoms with Crippen molar-refractivity contribution in [1.82, 2.24) is 4.98 Å². The zero-order chi connectivity index (χ0) is 20.5. The lowest BCUT2D eigenvalue weighted by molar-refractivity contribution is 0.415. The Bertz CT molecular complexity index is 1170. The average Bonchev–Trinajstić information content (AvgIpc) is 3.54. The number of ether oxygens (including phenoxy) is 1. The summed E-state index contributed by atoms with van der Waals surface area (Å²) in [7, 11) is 1.65. The highest BCUT2D eigenvalue weighted by Crippen LogP contribution is 2.39. The maximum atomic E-state index is 13.3. The van der Waals surface area contributed by atoms with Gasteiger partial charge in [-0.2, -0.15) is 5.10 Å². The first-order valence-electron chi connectivity index (χ1n) is 9.47. The van der Waals surface area contributed by atoms with Gasteiger partial charge in [0.2, 0.25) is 5.13 Å². The number of methoxy groups -OCH3 is 1. The van der Waals surface area contributed by atoms with Crippen molar-refractivity contribution in [3.8, 4) is 17.0 Å². The number of nitrogens with zero attached hydrogens (tertiary/aromatic N) is 3. The fraction of sp³-hybridized carbons (Fsp3) is 0.130. The summed E-state index contributed by atoms with van der Waals surface area (Å²) in [6, 6.07) is 18.0. The monoisotopic (exact) mass is 419 g/mol. The minimum atomic E-state index is -0.264. The van der Waals surface area contributed by atoms with Gasteiger partial charge in [0.1, 0.15) is 23.4 Å². The summed E-state index contributed by atoms with van der Waals surface area (Å²) in [6.45, 7) is 0. The highest BCUT2D eigenvalue weighted by Gasteiger charge is 2.33. The van der Waals surface area contributed by atoms with Gasteiger partial charge in [-0.1, -0.05) is 0 Å². The van der Waals surface area contributed by atoms with Crippen molar-refractivity contribution in [2.24, 2.45) is 5.10 Å². The largest absolute Gasteiger partial charge is 0.497 e. The Hall–Kier alpha value is -3.45. The van der Waals surface area contributed by atoms with E-state index in [1.54, 1.807) is 25.5 Å². The minimum Gasteiger partial charge on any atom is -0.497 e. The molecule has 0 bridgehead atoms. The van der Waals surface area contributed by atoms with E-state index in [4.69, 9.17) is 19.2 Å². The van der Waals surface area contributed by atoms with E-state index in [0.29, 0.717) is 6.42 Å². The molecule has 0 saturated heterocycles. The van der Waals surface area contributed by atoms with Crippen LogP contribution in [0.25, 0.3) is 11.3 Å².